The third-order valence-corrected chi connectivity index (χ3v) is 3.18. The molecule has 1 rings (SSSR count). The maximum absolute atomic E-state index is 10.7. The van der Waals surface area contributed by atoms with Crippen LogP contribution in [-0.4, -0.2) is 54.3 Å². The summed E-state index contributed by atoms with van der Waals surface area (Å²) in [5.41, 5.74) is 1.16. The third-order valence-electron chi connectivity index (χ3n) is 2.59. The highest BCUT2D eigenvalue weighted by molar-refractivity contribution is 7.85. The quantitative estimate of drug-likeness (QED) is 0.404. The van der Waals surface area contributed by atoms with E-state index in [1.165, 1.54) is 0 Å². The molecule has 0 radical (unpaired) electrons. The summed E-state index contributed by atoms with van der Waals surface area (Å²) in [5, 5.41) is 0. The summed E-state index contributed by atoms with van der Waals surface area (Å²) in [7, 11) is -3.38. The Labute approximate surface area is 132 Å². The van der Waals surface area contributed by atoms with Crippen LogP contribution in [0, 0.1) is 0 Å². The number of benzene rings is 1. The summed E-state index contributed by atoms with van der Waals surface area (Å²) < 4.78 is 41.9. The molecule has 0 saturated carbocycles. The molecule has 0 unspecified atom stereocenters. The van der Waals surface area contributed by atoms with Crippen molar-refractivity contribution in [2.24, 2.45) is 0 Å². The van der Waals surface area contributed by atoms with E-state index in [9.17, 15) is 8.42 Å². The first kappa shape index (κ1) is 19.1. The van der Waals surface area contributed by atoms with Crippen LogP contribution in [0.3, 0.4) is 0 Å². The van der Waals surface area contributed by atoms with Crippen LogP contribution in [0.4, 0.5) is 0 Å². The first-order valence-corrected chi connectivity index (χ1v) is 9.01. The van der Waals surface area contributed by atoms with Gasteiger partial charge in [-0.2, -0.15) is 8.42 Å². The Balaban J connectivity index is 1.80. The van der Waals surface area contributed by atoms with Gasteiger partial charge >= 0.3 is 0 Å². The van der Waals surface area contributed by atoms with Crippen molar-refractivity contribution in [2.45, 2.75) is 13.0 Å². The number of ether oxygens (including phenoxy) is 3. The predicted octanol–water partition coefficient (Wildman–Crippen LogP) is 1.60. The maximum Gasteiger partial charge on any atom is 0.264 e. The van der Waals surface area contributed by atoms with Gasteiger partial charge in [-0.3, -0.25) is 4.18 Å². The van der Waals surface area contributed by atoms with E-state index in [-0.39, 0.29) is 13.2 Å². The summed E-state index contributed by atoms with van der Waals surface area (Å²) >= 11 is 0. The molecule has 1 aromatic rings. The average molecular weight is 332 g/mol. The molecule has 6 nitrogen and oxygen atoms in total. The van der Waals surface area contributed by atoms with Crippen molar-refractivity contribution in [3.8, 4) is 0 Å². The summed E-state index contributed by atoms with van der Waals surface area (Å²) in [6.07, 6.45) is 1.83. The lowest BCUT2D eigenvalue weighted by molar-refractivity contribution is 0.0265. The van der Waals surface area contributed by atoms with Gasteiger partial charge in [-0.25, -0.2) is 0 Å². The number of rotatable bonds is 13. The van der Waals surface area contributed by atoms with E-state index in [2.05, 4.69) is 4.18 Å². The van der Waals surface area contributed by atoms with E-state index in [4.69, 9.17) is 14.2 Å². The summed E-state index contributed by atoms with van der Waals surface area (Å²) in [4.78, 5) is 0. The normalized spacial score (nSPS) is 11.7. The largest absolute Gasteiger partial charge is 0.379 e. The molecular weight excluding hydrogens is 308 g/mol. The van der Waals surface area contributed by atoms with E-state index in [0.29, 0.717) is 33.0 Å². The molecule has 0 aliphatic heterocycles. The standard InChI is InChI=1S/C15H24O6S/c1-22(16,17)21-13-12-19-11-10-18-8-5-9-20-14-15-6-3-2-4-7-15/h2-4,6-7H,5,8-14H2,1H3. The van der Waals surface area contributed by atoms with Gasteiger partial charge in [0.1, 0.15) is 0 Å². The van der Waals surface area contributed by atoms with Gasteiger partial charge in [0.05, 0.1) is 39.3 Å². The van der Waals surface area contributed by atoms with Crippen LogP contribution >= 0.6 is 0 Å². The molecule has 0 saturated heterocycles. The van der Waals surface area contributed by atoms with Crippen molar-refractivity contribution in [1.82, 2.24) is 0 Å². The van der Waals surface area contributed by atoms with Gasteiger partial charge in [-0.15, -0.1) is 0 Å². The van der Waals surface area contributed by atoms with Gasteiger partial charge in [-0.1, -0.05) is 30.3 Å². The van der Waals surface area contributed by atoms with Crippen LogP contribution in [0.1, 0.15) is 12.0 Å². The summed E-state index contributed by atoms with van der Waals surface area (Å²) in [5.74, 6) is 0. The van der Waals surface area contributed by atoms with Gasteiger partial charge in [-0.05, 0) is 12.0 Å². The highest BCUT2D eigenvalue weighted by Gasteiger charge is 2.00. The fourth-order valence-electron chi connectivity index (χ4n) is 1.59. The third kappa shape index (κ3) is 11.6. The zero-order valence-electron chi connectivity index (χ0n) is 12.9. The number of hydrogen-bond acceptors (Lipinski definition) is 6. The molecule has 22 heavy (non-hydrogen) atoms. The molecule has 0 bridgehead atoms. The molecular formula is C15H24O6S. The second-order valence-electron chi connectivity index (χ2n) is 4.64. The second-order valence-corrected chi connectivity index (χ2v) is 6.29. The zero-order valence-corrected chi connectivity index (χ0v) is 13.7. The van der Waals surface area contributed by atoms with Crippen LogP contribution in [0.25, 0.3) is 0 Å². The van der Waals surface area contributed by atoms with Gasteiger partial charge < -0.3 is 14.2 Å². The average Bonchev–Trinajstić information content (AvgIpc) is 2.48. The van der Waals surface area contributed by atoms with Gasteiger partial charge in [0.15, 0.2) is 0 Å². The van der Waals surface area contributed by atoms with E-state index < -0.39 is 10.1 Å². The van der Waals surface area contributed by atoms with E-state index in [1.807, 2.05) is 30.3 Å². The fraction of sp³-hybridized carbons (Fsp3) is 0.600. The molecule has 0 aliphatic rings. The molecule has 7 heteroatoms. The lowest BCUT2D eigenvalue weighted by atomic mass is 10.2. The molecule has 0 N–H and O–H groups in total. The molecule has 0 atom stereocenters. The monoisotopic (exact) mass is 332 g/mol. The minimum atomic E-state index is -3.38. The Bertz CT molecular complexity index is 474. The van der Waals surface area contributed by atoms with Crippen molar-refractivity contribution in [3.05, 3.63) is 35.9 Å². The molecule has 0 spiro atoms. The number of hydrogen-bond donors (Lipinski definition) is 0. The van der Waals surface area contributed by atoms with Crippen LogP contribution in [0.5, 0.6) is 0 Å². The van der Waals surface area contributed by atoms with Crippen molar-refractivity contribution in [1.29, 1.82) is 0 Å². The minimum Gasteiger partial charge on any atom is -0.379 e. The Morgan fingerprint density at radius 3 is 2.09 bits per heavy atom. The first-order valence-electron chi connectivity index (χ1n) is 7.19. The predicted molar refractivity (Wildman–Crippen MR) is 83.1 cm³/mol. The minimum absolute atomic E-state index is 0.0339. The van der Waals surface area contributed by atoms with Crippen LogP contribution in [-0.2, 0) is 35.1 Å². The molecule has 0 amide bonds. The smallest absolute Gasteiger partial charge is 0.264 e. The van der Waals surface area contributed by atoms with Crippen molar-refractivity contribution >= 4 is 10.1 Å². The highest BCUT2D eigenvalue weighted by Crippen LogP contribution is 2.00. The van der Waals surface area contributed by atoms with E-state index >= 15 is 0 Å². The van der Waals surface area contributed by atoms with Gasteiger partial charge in [0.25, 0.3) is 10.1 Å². The Kier molecular flexibility index (Phi) is 10.0. The summed E-state index contributed by atoms with van der Waals surface area (Å²) in [6, 6.07) is 10.0. The lowest BCUT2D eigenvalue weighted by Gasteiger charge is -2.07. The molecule has 0 heterocycles. The van der Waals surface area contributed by atoms with Crippen molar-refractivity contribution in [3.63, 3.8) is 0 Å². The van der Waals surface area contributed by atoms with Crippen LogP contribution in [0.15, 0.2) is 30.3 Å². The van der Waals surface area contributed by atoms with Crippen LogP contribution in [0.2, 0.25) is 0 Å². The van der Waals surface area contributed by atoms with E-state index in [1.54, 1.807) is 0 Å². The molecule has 0 fully saturated rings. The molecule has 1 aromatic carbocycles. The Morgan fingerprint density at radius 1 is 0.818 bits per heavy atom. The van der Waals surface area contributed by atoms with Gasteiger partial charge in [0, 0.05) is 13.2 Å². The van der Waals surface area contributed by atoms with Gasteiger partial charge in [0.2, 0.25) is 0 Å². The Morgan fingerprint density at radius 2 is 1.41 bits per heavy atom. The SMILES string of the molecule is CS(=O)(=O)OCCOCCOCCCOCc1ccccc1. The maximum atomic E-state index is 10.7. The topological polar surface area (TPSA) is 71.1 Å². The second kappa shape index (κ2) is 11.6. The van der Waals surface area contributed by atoms with Crippen molar-refractivity contribution in [2.75, 3.05) is 45.9 Å². The highest BCUT2D eigenvalue weighted by atomic mass is 32.2. The fourth-order valence-corrected chi connectivity index (χ4v) is 1.96. The van der Waals surface area contributed by atoms with E-state index in [0.717, 1.165) is 18.2 Å². The molecule has 0 aromatic heterocycles. The first-order chi connectivity index (χ1) is 10.6. The zero-order chi connectivity index (χ0) is 16.1. The lowest BCUT2D eigenvalue weighted by Crippen LogP contribution is -2.12. The molecule has 0 aliphatic carbocycles. The van der Waals surface area contributed by atoms with Crippen molar-refractivity contribution < 1.29 is 26.8 Å². The molecule has 126 valence electrons. The summed E-state index contributed by atoms with van der Waals surface area (Å²) in [6.45, 7) is 3.03. The Hall–Kier alpha value is -0.990. The van der Waals surface area contributed by atoms with Crippen LogP contribution < -0.4 is 0 Å².